The van der Waals surface area contributed by atoms with E-state index >= 15 is 0 Å². The first kappa shape index (κ1) is 13.2. The Balaban J connectivity index is 2.39. The van der Waals surface area contributed by atoms with E-state index in [-0.39, 0.29) is 11.6 Å². The summed E-state index contributed by atoms with van der Waals surface area (Å²) in [5, 5.41) is 0. The highest BCUT2D eigenvalue weighted by molar-refractivity contribution is 5.96. The molecule has 0 saturated heterocycles. The molecule has 0 bridgehead atoms. The molecule has 2 heteroatoms. The Morgan fingerprint density at radius 3 is 1.84 bits per heavy atom. The summed E-state index contributed by atoms with van der Waals surface area (Å²) < 4.78 is 0. The maximum atomic E-state index is 11.4. The van der Waals surface area contributed by atoms with Crippen LogP contribution in [0.1, 0.15) is 40.1 Å². The smallest absolute Gasteiger partial charge is 0.160 e. The van der Waals surface area contributed by atoms with Crippen LogP contribution in [0.15, 0.2) is 42.5 Å². The predicted molar refractivity (Wildman–Crippen MR) is 76.6 cm³/mol. The van der Waals surface area contributed by atoms with Gasteiger partial charge in [0.15, 0.2) is 11.6 Å². The summed E-state index contributed by atoms with van der Waals surface area (Å²) in [4.78, 5) is 22.6. The van der Waals surface area contributed by atoms with Gasteiger partial charge >= 0.3 is 0 Å². The third-order valence-electron chi connectivity index (χ3n) is 3.23. The Labute approximate surface area is 113 Å². The molecule has 2 nitrogen and oxygen atoms in total. The van der Waals surface area contributed by atoms with Crippen LogP contribution in [0.4, 0.5) is 0 Å². The zero-order valence-corrected chi connectivity index (χ0v) is 11.4. The molecule has 0 spiro atoms. The van der Waals surface area contributed by atoms with Crippen molar-refractivity contribution < 1.29 is 9.59 Å². The minimum Gasteiger partial charge on any atom is -0.295 e. The molecule has 0 atom stereocenters. The first-order chi connectivity index (χ1) is 8.99. The molecular weight excluding hydrogens is 236 g/mol. The Morgan fingerprint density at radius 1 is 0.789 bits per heavy atom. The summed E-state index contributed by atoms with van der Waals surface area (Å²) in [6.07, 6.45) is 0. The molecule has 0 aliphatic rings. The summed E-state index contributed by atoms with van der Waals surface area (Å²) in [6.45, 7) is 5.06. The SMILES string of the molecule is CC(=O)c1ccc(-c2ccc(C(C)=O)c(C)c2)cc1. The molecule has 0 heterocycles. The molecule has 0 radical (unpaired) electrons. The average Bonchev–Trinajstić information content (AvgIpc) is 2.38. The number of Topliss-reactive ketones (excluding diaryl/α,β-unsaturated/α-hetero) is 2. The van der Waals surface area contributed by atoms with Gasteiger partial charge in [-0.25, -0.2) is 0 Å². The topological polar surface area (TPSA) is 34.1 Å². The Morgan fingerprint density at radius 2 is 1.37 bits per heavy atom. The van der Waals surface area contributed by atoms with Crippen molar-refractivity contribution in [2.45, 2.75) is 20.8 Å². The van der Waals surface area contributed by atoms with E-state index in [0.717, 1.165) is 22.3 Å². The molecule has 96 valence electrons. The van der Waals surface area contributed by atoms with Crippen LogP contribution in [0.5, 0.6) is 0 Å². The van der Waals surface area contributed by atoms with E-state index < -0.39 is 0 Å². The van der Waals surface area contributed by atoms with Crippen molar-refractivity contribution in [3.63, 3.8) is 0 Å². The van der Waals surface area contributed by atoms with Crippen LogP contribution in [0.25, 0.3) is 11.1 Å². The lowest BCUT2D eigenvalue weighted by Crippen LogP contribution is -1.96. The number of carbonyl (C=O) groups is 2. The van der Waals surface area contributed by atoms with E-state index in [2.05, 4.69) is 0 Å². The van der Waals surface area contributed by atoms with Crippen LogP contribution >= 0.6 is 0 Å². The van der Waals surface area contributed by atoms with Gasteiger partial charge in [0, 0.05) is 11.1 Å². The van der Waals surface area contributed by atoms with Gasteiger partial charge in [-0.1, -0.05) is 42.5 Å². The minimum atomic E-state index is 0.0645. The molecule has 0 fully saturated rings. The molecule has 0 aromatic heterocycles. The fraction of sp³-hybridized carbons (Fsp3) is 0.176. The first-order valence-electron chi connectivity index (χ1n) is 6.22. The fourth-order valence-electron chi connectivity index (χ4n) is 2.14. The summed E-state index contributed by atoms with van der Waals surface area (Å²) in [5.74, 6) is 0.144. The van der Waals surface area contributed by atoms with Crippen LogP contribution < -0.4 is 0 Å². The fourth-order valence-corrected chi connectivity index (χ4v) is 2.14. The maximum Gasteiger partial charge on any atom is 0.160 e. The number of carbonyl (C=O) groups excluding carboxylic acids is 2. The maximum absolute atomic E-state index is 11.4. The molecule has 19 heavy (non-hydrogen) atoms. The van der Waals surface area contributed by atoms with Gasteiger partial charge in [0.25, 0.3) is 0 Å². The van der Waals surface area contributed by atoms with E-state index in [1.807, 2.05) is 49.4 Å². The van der Waals surface area contributed by atoms with Crippen molar-refractivity contribution in [1.82, 2.24) is 0 Å². The lowest BCUT2D eigenvalue weighted by molar-refractivity contribution is 0.100. The summed E-state index contributed by atoms with van der Waals surface area (Å²) >= 11 is 0. The summed E-state index contributed by atoms with van der Waals surface area (Å²) in [5.41, 5.74) is 4.53. The minimum absolute atomic E-state index is 0.0645. The van der Waals surface area contributed by atoms with Gasteiger partial charge in [0.05, 0.1) is 0 Å². The van der Waals surface area contributed by atoms with Gasteiger partial charge < -0.3 is 0 Å². The number of hydrogen-bond acceptors (Lipinski definition) is 2. The molecule has 2 aromatic rings. The zero-order valence-electron chi connectivity index (χ0n) is 11.4. The van der Waals surface area contributed by atoms with E-state index in [0.29, 0.717) is 5.56 Å². The monoisotopic (exact) mass is 252 g/mol. The molecule has 0 aliphatic carbocycles. The third kappa shape index (κ3) is 2.79. The molecule has 0 saturated carbocycles. The van der Waals surface area contributed by atoms with Crippen molar-refractivity contribution in [3.8, 4) is 11.1 Å². The Kier molecular flexibility index (Phi) is 3.61. The highest BCUT2D eigenvalue weighted by Crippen LogP contribution is 2.23. The number of hydrogen-bond donors (Lipinski definition) is 0. The second kappa shape index (κ2) is 5.19. The Bertz CT molecular complexity index is 637. The van der Waals surface area contributed by atoms with Gasteiger partial charge in [-0.3, -0.25) is 9.59 Å². The second-order valence-electron chi connectivity index (χ2n) is 4.72. The van der Waals surface area contributed by atoms with Crippen LogP contribution in [0, 0.1) is 6.92 Å². The number of aryl methyl sites for hydroxylation is 1. The highest BCUT2D eigenvalue weighted by atomic mass is 16.1. The summed E-state index contributed by atoms with van der Waals surface area (Å²) in [6, 6.07) is 13.3. The third-order valence-corrected chi connectivity index (χ3v) is 3.23. The number of ketones is 2. The van der Waals surface area contributed by atoms with Gasteiger partial charge in [-0.05, 0) is 37.5 Å². The van der Waals surface area contributed by atoms with Crippen molar-refractivity contribution >= 4 is 11.6 Å². The summed E-state index contributed by atoms with van der Waals surface area (Å²) in [7, 11) is 0. The molecule has 0 amide bonds. The van der Waals surface area contributed by atoms with E-state index in [1.54, 1.807) is 13.8 Å². The normalized spacial score (nSPS) is 10.3. The highest BCUT2D eigenvalue weighted by Gasteiger charge is 2.06. The Hall–Kier alpha value is -2.22. The van der Waals surface area contributed by atoms with Crippen LogP contribution in [-0.4, -0.2) is 11.6 Å². The largest absolute Gasteiger partial charge is 0.295 e. The molecule has 0 aliphatic heterocycles. The lowest BCUT2D eigenvalue weighted by atomic mass is 9.97. The molecular formula is C17H16O2. The van der Waals surface area contributed by atoms with Crippen molar-refractivity contribution in [1.29, 1.82) is 0 Å². The van der Waals surface area contributed by atoms with Gasteiger partial charge in [0.1, 0.15) is 0 Å². The number of benzene rings is 2. The molecule has 2 rings (SSSR count). The van der Waals surface area contributed by atoms with E-state index in [1.165, 1.54) is 0 Å². The zero-order chi connectivity index (χ0) is 14.0. The van der Waals surface area contributed by atoms with Crippen molar-refractivity contribution in [2.75, 3.05) is 0 Å². The number of rotatable bonds is 3. The second-order valence-corrected chi connectivity index (χ2v) is 4.72. The van der Waals surface area contributed by atoms with Crippen LogP contribution in [-0.2, 0) is 0 Å². The quantitative estimate of drug-likeness (QED) is 0.772. The van der Waals surface area contributed by atoms with E-state index in [9.17, 15) is 9.59 Å². The average molecular weight is 252 g/mol. The van der Waals surface area contributed by atoms with Gasteiger partial charge in [-0.15, -0.1) is 0 Å². The molecule has 2 aromatic carbocycles. The molecule has 0 unspecified atom stereocenters. The standard InChI is InChI=1S/C17H16O2/c1-11-10-16(8-9-17(11)13(3)19)15-6-4-14(5-7-15)12(2)18/h4-10H,1-3H3. The van der Waals surface area contributed by atoms with Crippen LogP contribution in [0.2, 0.25) is 0 Å². The first-order valence-corrected chi connectivity index (χ1v) is 6.22. The predicted octanol–water partition coefficient (Wildman–Crippen LogP) is 4.07. The van der Waals surface area contributed by atoms with Crippen molar-refractivity contribution in [2.24, 2.45) is 0 Å². The molecule has 0 N–H and O–H groups in total. The van der Waals surface area contributed by atoms with Crippen LogP contribution in [0.3, 0.4) is 0 Å². The lowest BCUT2D eigenvalue weighted by Gasteiger charge is -2.07. The van der Waals surface area contributed by atoms with Crippen molar-refractivity contribution in [3.05, 3.63) is 59.2 Å². The van der Waals surface area contributed by atoms with Gasteiger partial charge in [-0.2, -0.15) is 0 Å². The van der Waals surface area contributed by atoms with Gasteiger partial charge in [0.2, 0.25) is 0 Å². The van der Waals surface area contributed by atoms with E-state index in [4.69, 9.17) is 0 Å².